The lowest BCUT2D eigenvalue weighted by Crippen LogP contribution is -2.33. The minimum absolute atomic E-state index is 0.166. The van der Waals surface area contributed by atoms with Crippen molar-refractivity contribution in [1.29, 1.82) is 0 Å². The minimum Gasteiger partial charge on any atom is -0.496 e. The van der Waals surface area contributed by atoms with E-state index in [1.54, 1.807) is 12.1 Å². The van der Waals surface area contributed by atoms with Crippen molar-refractivity contribution < 1.29 is 28.5 Å². The third-order valence-corrected chi connectivity index (χ3v) is 4.59. The quantitative estimate of drug-likeness (QED) is 0.757. The molecule has 2 atom stereocenters. The average molecular weight is 356 g/mol. The van der Waals surface area contributed by atoms with Crippen molar-refractivity contribution in [2.45, 2.75) is 32.0 Å². The third-order valence-electron chi connectivity index (χ3n) is 4.59. The van der Waals surface area contributed by atoms with E-state index in [-0.39, 0.29) is 19.0 Å². The zero-order valence-electron chi connectivity index (χ0n) is 14.7. The van der Waals surface area contributed by atoms with Crippen molar-refractivity contribution in [1.82, 2.24) is 0 Å². The molecular formula is C20H20O6. The lowest BCUT2D eigenvalue weighted by molar-refractivity contribution is 0.0141. The maximum Gasteiger partial charge on any atom is 0.231 e. The number of ether oxygens (including phenoxy) is 5. The fourth-order valence-electron chi connectivity index (χ4n) is 3.32. The number of benzene rings is 2. The molecule has 6 nitrogen and oxygen atoms in total. The highest BCUT2D eigenvalue weighted by molar-refractivity contribution is 5.81. The molecule has 136 valence electrons. The third kappa shape index (κ3) is 2.81. The molecule has 0 spiro atoms. The molecule has 0 N–H and O–H groups in total. The van der Waals surface area contributed by atoms with Gasteiger partial charge >= 0.3 is 0 Å². The summed E-state index contributed by atoms with van der Waals surface area (Å²) >= 11 is 0. The van der Waals surface area contributed by atoms with E-state index in [0.29, 0.717) is 28.6 Å². The van der Waals surface area contributed by atoms with Crippen LogP contribution in [-0.2, 0) is 0 Å². The van der Waals surface area contributed by atoms with Crippen LogP contribution < -0.4 is 23.7 Å². The van der Waals surface area contributed by atoms with E-state index in [0.717, 1.165) is 30.4 Å². The molecule has 0 aliphatic carbocycles. The van der Waals surface area contributed by atoms with E-state index in [4.69, 9.17) is 23.7 Å². The summed E-state index contributed by atoms with van der Waals surface area (Å²) in [4.78, 5) is 11.3. The zero-order valence-corrected chi connectivity index (χ0v) is 14.7. The molecule has 2 heterocycles. The number of rotatable bonds is 5. The molecule has 0 unspecified atom stereocenters. The first-order chi connectivity index (χ1) is 12.7. The van der Waals surface area contributed by atoms with Gasteiger partial charge in [-0.25, -0.2) is 0 Å². The van der Waals surface area contributed by atoms with Crippen molar-refractivity contribution in [3.05, 3.63) is 41.5 Å². The standard InChI is InChI=1S/C20H20O6/c1-3-4-15-20(12-5-6-14-17(7-12)24-11-23-14)26-19-9-16(22-2)13(10-21)8-18(19)25-15/h5-10,15,20H,3-4,11H2,1-2H3/t15-,20+/m1/s1. The summed E-state index contributed by atoms with van der Waals surface area (Å²) in [6, 6.07) is 9.14. The summed E-state index contributed by atoms with van der Waals surface area (Å²) in [7, 11) is 1.52. The Balaban J connectivity index is 1.72. The summed E-state index contributed by atoms with van der Waals surface area (Å²) in [6.07, 6.45) is 2.06. The van der Waals surface area contributed by atoms with Crippen molar-refractivity contribution in [3.63, 3.8) is 0 Å². The zero-order chi connectivity index (χ0) is 18.1. The van der Waals surface area contributed by atoms with Crippen LogP contribution >= 0.6 is 0 Å². The van der Waals surface area contributed by atoms with Crippen LogP contribution in [-0.4, -0.2) is 26.3 Å². The van der Waals surface area contributed by atoms with Crippen molar-refractivity contribution in [2.24, 2.45) is 0 Å². The number of carbonyl (C=O) groups excluding carboxylic acids is 1. The summed E-state index contributed by atoms with van der Waals surface area (Å²) in [5.74, 6) is 3.02. The molecule has 0 bridgehead atoms. The van der Waals surface area contributed by atoms with Crippen LogP contribution in [0.15, 0.2) is 30.3 Å². The number of fused-ring (bicyclic) bond motifs is 2. The average Bonchev–Trinajstić information content (AvgIpc) is 3.14. The first-order valence-corrected chi connectivity index (χ1v) is 8.63. The fourth-order valence-corrected chi connectivity index (χ4v) is 3.32. The maximum absolute atomic E-state index is 11.3. The van der Waals surface area contributed by atoms with E-state index in [2.05, 4.69) is 6.92 Å². The van der Waals surface area contributed by atoms with E-state index in [1.807, 2.05) is 18.2 Å². The predicted molar refractivity (Wildman–Crippen MR) is 93.6 cm³/mol. The van der Waals surface area contributed by atoms with E-state index in [9.17, 15) is 4.79 Å². The molecule has 2 aliphatic heterocycles. The number of aldehydes is 1. The van der Waals surface area contributed by atoms with Crippen molar-refractivity contribution in [3.8, 4) is 28.7 Å². The van der Waals surface area contributed by atoms with Gasteiger partial charge in [-0.05, 0) is 24.6 Å². The van der Waals surface area contributed by atoms with E-state index in [1.165, 1.54) is 7.11 Å². The van der Waals surface area contributed by atoms with E-state index >= 15 is 0 Å². The van der Waals surface area contributed by atoms with Gasteiger partial charge in [0.1, 0.15) is 11.9 Å². The van der Waals surface area contributed by atoms with Gasteiger partial charge in [0.15, 0.2) is 35.4 Å². The highest BCUT2D eigenvalue weighted by Crippen LogP contribution is 2.45. The summed E-state index contributed by atoms with van der Waals surface area (Å²) in [6.45, 7) is 2.33. The Morgan fingerprint density at radius 1 is 1.08 bits per heavy atom. The predicted octanol–water partition coefficient (Wildman–Crippen LogP) is 3.92. The van der Waals surface area contributed by atoms with Gasteiger partial charge < -0.3 is 23.7 Å². The number of hydrogen-bond donors (Lipinski definition) is 0. The van der Waals surface area contributed by atoms with Crippen LogP contribution in [0, 0.1) is 0 Å². The Bertz CT molecular complexity index is 831. The molecule has 0 radical (unpaired) electrons. The van der Waals surface area contributed by atoms with Gasteiger partial charge in [-0.1, -0.05) is 19.4 Å². The van der Waals surface area contributed by atoms with Crippen molar-refractivity contribution in [2.75, 3.05) is 13.9 Å². The normalized spacial score (nSPS) is 19.9. The molecule has 0 saturated heterocycles. The minimum atomic E-state index is -0.288. The molecule has 0 saturated carbocycles. The first-order valence-electron chi connectivity index (χ1n) is 8.63. The smallest absolute Gasteiger partial charge is 0.231 e. The second-order valence-electron chi connectivity index (χ2n) is 6.25. The molecule has 2 aromatic carbocycles. The van der Waals surface area contributed by atoms with Gasteiger partial charge in [-0.3, -0.25) is 4.79 Å². The summed E-state index contributed by atoms with van der Waals surface area (Å²) in [5, 5.41) is 0. The molecule has 2 aromatic rings. The van der Waals surface area contributed by atoms with Crippen LogP contribution in [0.4, 0.5) is 0 Å². The van der Waals surface area contributed by atoms with Gasteiger partial charge in [-0.2, -0.15) is 0 Å². The summed E-state index contributed by atoms with van der Waals surface area (Å²) < 4.78 is 28.6. The van der Waals surface area contributed by atoms with Gasteiger partial charge in [-0.15, -0.1) is 0 Å². The van der Waals surface area contributed by atoms with Crippen LogP contribution in [0.5, 0.6) is 28.7 Å². The Kier molecular flexibility index (Phi) is 4.32. The molecule has 0 fully saturated rings. The SMILES string of the molecule is CCC[C@H]1Oc2cc(C=O)c(OC)cc2O[C@H]1c1ccc2c(c1)OCO2. The number of methoxy groups -OCH3 is 1. The lowest BCUT2D eigenvalue weighted by Gasteiger charge is -2.34. The monoisotopic (exact) mass is 356 g/mol. The molecule has 6 heteroatoms. The van der Waals surface area contributed by atoms with Crippen LogP contribution in [0.3, 0.4) is 0 Å². The summed E-state index contributed by atoms with van der Waals surface area (Å²) in [5.41, 5.74) is 1.39. The Hall–Kier alpha value is -2.89. The molecular weight excluding hydrogens is 336 g/mol. The Morgan fingerprint density at radius 3 is 2.65 bits per heavy atom. The van der Waals surface area contributed by atoms with E-state index < -0.39 is 0 Å². The van der Waals surface area contributed by atoms with Crippen LogP contribution in [0.25, 0.3) is 0 Å². The second-order valence-corrected chi connectivity index (χ2v) is 6.25. The van der Waals surface area contributed by atoms with Gasteiger partial charge in [0.25, 0.3) is 0 Å². The highest BCUT2D eigenvalue weighted by atomic mass is 16.7. The molecule has 0 aromatic heterocycles. The van der Waals surface area contributed by atoms with Gasteiger partial charge in [0, 0.05) is 11.6 Å². The Morgan fingerprint density at radius 2 is 1.88 bits per heavy atom. The number of hydrogen-bond acceptors (Lipinski definition) is 6. The molecule has 26 heavy (non-hydrogen) atoms. The molecule has 0 amide bonds. The first kappa shape index (κ1) is 16.6. The molecule has 4 rings (SSSR count). The lowest BCUT2D eigenvalue weighted by atomic mass is 9.98. The topological polar surface area (TPSA) is 63.2 Å². The highest BCUT2D eigenvalue weighted by Gasteiger charge is 2.34. The largest absolute Gasteiger partial charge is 0.496 e. The number of carbonyl (C=O) groups is 1. The van der Waals surface area contributed by atoms with Gasteiger partial charge in [0.2, 0.25) is 6.79 Å². The maximum atomic E-state index is 11.3. The Labute approximate surface area is 151 Å². The second kappa shape index (κ2) is 6.78. The fraction of sp³-hybridized carbons (Fsp3) is 0.350. The van der Waals surface area contributed by atoms with Crippen molar-refractivity contribution >= 4 is 6.29 Å². The molecule has 2 aliphatic rings. The van der Waals surface area contributed by atoms with Gasteiger partial charge in [0.05, 0.1) is 12.7 Å². The van der Waals surface area contributed by atoms with Crippen LogP contribution in [0.1, 0.15) is 41.8 Å². The van der Waals surface area contributed by atoms with Crippen LogP contribution in [0.2, 0.25) is 0 Å².